The van der Waals surface area contributed by atoms with Gasteiger partial charge in [0.25, 0.3) is 0 Å². The number of nitrogens with one attached hydrogen (secondary N) is 1. The summed E-state index contributed by atoms with van der Waals surface area (Å²) in [6.45, 7) is 0. The van der Waals surface area contributed by atoms with Crippen molar-refractivity contribution in [1.29, 1.82) is 0 Å². The number of benzene rings is 1. The first kappa shape index (κ1) is 13.7. The van der Waals surface area contributed by atoms with Gasteiger partial charge in [-0.25, -0.2) is 0 Å². The Morgan fingerprint density at radius 2 is 2.00 bits per heavy atom. The average Bonchev–Trinajstić information content (AvgIpc) is 2.64. The van der Waals surface area contributed by atoms with E-state index in [2.05, 4.69) is 16.0 Å². The standard InChI is InChI=1S/C14H18ClN2O.Zn/c1-17-10-3-4-11(17)8-12(7-10)18-14-5-2-9(16)6-13(14)15;/h2,5-6,10-12,16H,3-4,7-8H2,1H3;/q-1;+1/t10-,11+,12-;. The van der Waals surface area contributed by atoms with Crippen molar-refractivity contribution < 1.29 is 23.3 Å². The second-order valence-corrected chi connectivity index (χ2v) is 6.73. The molecule has 1 aromatic carbocycles. The molecule has 19 heavy (non-hydrogen) atoms. The Balaban J connectivity index is 1.69. The fourth-order valence-electron chi connectivity index (χ4n) is 3.34. The first-order valence-electron chi connectivity index (χ1n) is 6.88. The average molecular weight is 331 g/mol. The number of piperidine rings is 1. The molecule has 3 atom stereocenters. The van der Waals surface area contributed by atoms with Gasteiger partial charge in [0.05, 0.1) is 0 Å². The quantitative estimate of drug-likeness (QED) is 0.861. The van der Waals surface area contributed by atoms with Crippen molar-refractivity contribution in [3.63, 3.8) is 0 Å². The Hall–Kier alpha value is -0.307. The second-order valence-electron chi connectivity index (χ2n) is 5.58. The third-order valence-electron chi connectivity index (χ3n) is 4.48. The molecule has 2 saturated heterocycles. The van der Waals surface area contributed by atoms with Gasteiger partial charge in [-0.1, -0.05) is 0 Å². The zero-order valence-corrected chi connectivity index (χ0v) is 15.0. The summed E-state index contributed by atoms with van der Waals surface area (Å²) in [5.74, 6) is 0.828. The van der Waals surface area contributed by atoms with Crippen LogP contribution in [0.5, 0.6) is 5.75 Å². The van der Waals surface area contributed by atoms with Crippen LogP contribution in [0.15, 0.2) is 18.2 Å². The van der Waals surface area contributed by atoms with Crippen molar-refractivity contribution in [1.82, 2.24) is 4.90 Å². The number of hydrogen-bond acceptors (Lipinski definition) is 3. The van der Waals surface area contributed by atoms with Crippen LogP contribution in [0.3, 0.4) is 0 Å². The van der Waals surface area contributed by atoms with Gasteiger partial charge in [0.2, 0.25) is 0 Å². The van der Waals surface area contributed by atoms with Gasteiger partial charge in [-0.15, -0.1) is 0 Å². The van der Waals surface area contributed by atoms with E-state index in [4.69, 9.17) is 16.3 Å². The number of halogens is 1. The Morgan fingerprint density at radius 1 is 1.32 bits per heavy atom. The van der Waals surface area contributed by atoms with E-state index in [-0.39, 0.29) is 0 Å². The zero-order valence-electron chi connectivity index (χ0n) is 11.2. The van der Waals surface area contributed by atoms with Crippen molar-refractivity contribution in [2.45, 2.75) is 43.9 Å². The van der Waals surface area contributed by atoms with Crippen LogP contribution >= 0.6 is 11.6 Å². The van der Waals surface area contributed by atoms with Gasteiger partial charge in [-0.3, -0.25) is 0 Å². The summed E-state index contributed by atoms with van der Waals surface area (Å²) in [4.78, 5) is 2.52. The van der Waals surface area contributed by atoms with Crippen LogP contribution < -0.4 is 8.80 Å². The molecule has 1 N–H and O–H groups in total. The molecule has 0 amide bonds. The monoisotopic (exact) mass is 329 g/mol. The van der Waals surface area contributed by atoms with Crippen molar-refractivity contribution in [3.8, 4) is 5.75 Å². The molecule has 0 radical (unpaired) electrons. The van der Waals surface area contributed by atoms with Gasteiger partial charge < -0.3 is 0 Å². The van der Waals surface area contributed by atoms with Crippen LogP contribution in [0.1, 0.15) is 25.7 Å². The molecule has 2 heterocycles. The van der Waals surface area contributed by atoms with Crippen LogP contribution in [0.4, 0.5) is 5.69 Å². The van der Waals surface area contributed by atoms with E-state index in [1.807, 2.05) is 18.2 Å². The van der Waals surface area contributed by atoms with Gasteiger partial charge >= 0.3 is 129 Å². The first-order chi connectivity index (χ1) is 9.17. The Bertz CT molecular complexity index is 457. The third-order valence-corrected chi connectivity index (χ3v) is 5.64. The molecule has 0 spiro atoms. The number of ether oxygens (including phenoxy) is 1. The topological polar surface area (TPSA) is 24.5 Å². The van der Waals surface area contributed by atoms with Crippen LogP contribution in [-0.4, -0.2) is 30.1 Å². The van der Waals surface area contributed by atoms with Gasteiger partial charge in [0.1, 0.15) is 0 Å². The summed E-state index contributed by atoms with van der Waals surface area (Å²) in [5.41, 5.74) is 1.07. The molecule has 3 rings (SSSR count). The SMILES string of the molecule is CN1[C@@H]2CC[C@H]1C[C@H](Oc1ccc([NH][Zn])cc1Cl)C2. The Labute approximate surface area is 129 Å². The summed E-state index contributed by atoms with van der Waals surface area (Å²) in [6, 6.07) is 7.37. The van der Waals surface area contributed by atoms with E-state index in [1.165, 1.54) is 12.8 Å². The molecule has 2 bridgehead atoms. The van der Waals surface area contributed by atoms with Crippen molar-refractivity contribution in [3.05, 3.63) is 23.2 Å². The van der Waals surface area contributed by atoms with E-state index in [0.717, 1.165) is 42.8 Å². The fraction of sp³-hybridized carbons (Fsp3) is 0.571. The second kappa shape index (κ2) is 5.59. The summed E-state index contributed by atoms with van der Waals surface area (Å²) in [6.07, 6.45) is 5.21. The van der Waals surface area contributed by atoms with E-state index < -0.39 is 0 Å². The number of nitrogens with zero attached hydrogens (tertiary/aromatic N) is 1. The summed E-state index contributed by atoms with van der Waals surface area (Å²) >= 11 is 7.31. The van der Waals surface area contributed by atoms with Crippen LogP contribution in [0.2, 0.25) is 5.02 Å². The van der Waals surface area contributed by atoms with Gasteiger partial charge in [-0.05, 0) is 0 Å². The van der Waals surface area contributed by atoms with Crippen LogP contribution in [-0.2, 0) is 18.5 Å². The number of fused-ring (bicyclic) bond motifs is 2. The normalized spacial score (nSPS) is 30.4. The first-order valence-corrected chi connectivity index (χ1v) is 8.75. The zero-order chi connectivity index (χ0) is 13.4. The minimum absolute atomic E-state index is 0.320. The molecule has 5 heteroatoms. The Morgan fingerprint density at radius 3 is 2.58 bits per heavy atom. The number of rotatable bonds is 3. The molecule has 0 aliphatic carbocycles. The molecule has 0 aromatic heterocycles. The van der Waals surface area contributed by atoms with Crippen molar-refractivity contribution in [2.24, 2.45) is 0 Å². The fourth-order valence-corrected chi connectivity index (χ4v) is 4.03. The van der Waals surface area contributed by atoms with Crippen molar-refractivity contribution >= 4 is 17.3 Å². The van der Waals surface area contributed by atoms with Crippen molar-refractivity contribution in [2.75, 3.05) is 11.1 Å². The summed E-state index contributed by atoms with van der Waals surface area (Å²) in [7, 11) is 2.25. The maximum absolute atomic E-state index is 6.28. The summed E-state index contributed by atoms with van der Waals surface area (Å²) < 4.78 is 9.35. The van der Waals surface area contributed by atoms with Gasteiger partial charge in [0.15, 0.2) is 0 Å². The molecule has 3 nitrogen and oxygen atoms in total. The molecule has 2 aliphatic rings. The molecular weight excluding hydrogens is 313 g/mol. The number of anilines is 1. The molecule has 2 aliphatic heterocycles. The summed E-state index contributed by atoms with van der Waals surface area (Å²) in [5, 5.41) is 0.713. The van der Waals surface area contributed by atoms with Crippen LogP contribution in [0, 0.1) is 0 Å². The molecule has 2 fully saturated rings. The Kier molecular flexibility index (Phi) is 4.02. The van der Waals surface area contributed by atoms with E-state index in [1.54, 1.807) is 0 Å². The molecule has 0 saturated carbocycles. The van der Waals surface area contributed by atoms with E-state index >= 15 is 0 Å². The third kappa shape index (κ3) is 2.77. The maximum atomic E-state index is 6.28. The number of hydrogen-bond donors (Lipinski definition) is 1. The van der Waals surface area contributed by atoms with E-state index in [9.17, 15) is 0 Å². The van der Waals surface area contributed by atoms with E-state index in [0.29, 0.717) is 23.2 Å². The molecule has 99 valence electrons. The molecule has 0 unspecified atom stereocenters. The predicted octanol–water partition coefficient (Wildman–Crippen LogP) is 3.22. The van der Waals surface area contributed by atoms with Crippen LogP contribution in [0.25, 0.3) is 0 Å². The van der Waals surface area contributed by atoms with Gasteiger partial charge in [-0.2, -0.15) is 0 Å². The predicted molar refractivity (Wildman–Crippen MR) is 73.3 cm³/mol. The van der Waals surface area contributed by atoms with Gasteiger partial charge in [0, 0.05) is 0 Å². The minimum atomic E-state index is 0.320. The molecular formula is C14H18ClN2OZn. The molecule has 1 aromatic rings.